The molecular formula is C19H19FN2O2. The van der Waals surface area contributed by atoms with Gasteiger partial charge in [0.25, 0.3) is 0 Å². The summed E-state index contributed by atoms with van der Waals surface area (Å²) >= 11 is 0. The highest BCUT2D eigenvalue weighted by molar-refractivity contribution is 6.03. The molecule has 1 aliphatic rings. The van der Waals surface area contributed by atoms with Gasteiger partial charge >= 0.3 is 0 Å². The Kier molecular flexibility index (Phi) is 4.34. The molecule has 0 radical (unpaired) electrons. The number of rotatable bonds is 3. The van der Waals surface area contributed by atoms with Gasteiger partial charge in [0, 0.05) is 18.7 Å². The van der Waals surface area contributed by atoms with Gasteiger partial charge in [0.1, 0.15) is 5.82 Å². The number of nitrogens with one attached hydrogen (secondary N) is 1. The van der Waals surface area contributed by atoms with Crippen LogP contribution in [-0.2, 0) is 9.59 Å². The van der Waals surface area contributed by atoms with Crippen molar-refractivity contribution in [3.8, 4) is 0 Å². The summed E-state index contributed by atoms with van der Waals surface area (Å²) in [5.74, 6) is -1.39. The summed E-state index contributed by atoms with van der Waals surface area (Å²) in [6, 6.07) is 11.9. The maximum atomic E-state index is 13.9. The van der Waals surface area contributed by atoms with E-state index >= 15 is 0 Å². The van der Waals surface area contributed by atoms with Gasteiger partial charge in [-0.3, -0.25) is 9.59 Å². The first-order valence-corrected chi connectivity index (χ1v) is 7.88. The molecule has 24 heavy (non-hydrogen) atoms. The Hall–Kier alpha value is -2.69. The molecule has 0 aromatic heterocycles. The average Bonchev–Trinajstić information content (AvgIpc) is 2.93. The fourth-order valence-electron chi connectivity index (χ4n) is 2.89. The van der Waals surface area contributed by atoms with Crippen LogP contribution in [0.15, 0.2) is 42.5 Å². The predicted molar refractivity (Wildman–Crippen MR) is 91.4 cm³/mol. The van der Waals surface area contributed by atoms with E-state index in [-0.39, 0.29) is 30.5 Å². The molecule has 1 fully saturated rings. The van der Waals surface area contributed by atoms with E-state index in [1.54, 1.807) is 18.2 Å². The van der Waals surface area contributed by atoms with Gasteiger partial charge in [0.05, 0.1) is 11.6 Å². The molecule has 1 aliphatic heterocycles. The van der Waals surface area contributed by atoms with Gasteiger partial charge in [-0.2, -0.15) is 0 Å². The van der Waals surface area contributed by atoms with Gasteiger partial charge < -0.3 is 10.2 Å². The summed E-state index contributed by atoms with van der Waals surface area (Å²) in [5, 5.41) is 2.89. The lowest BCUT2D eigenvalue weighted by Gasteiger charge is -2.17. The highest BCUT2D eigenvalue weighted by Crippen LogP contribution is 2.28. The first-order valence-electron chi connectivity index (χ1n) is 7.88. The Balaban J connectivity index is 1.75. The van der Waals surface area contributed by atoms with Gasteiger partial charge in [-0.25, -0.2) is 4.39 Å². The molecule has 0 unspecified atom stereocenters. The van der Waals surface area contributed by atoms with Crippen molar-refractivity contribution in [2.24, 2.45) is 5.92 Å². The molecule has 124 valence electrons. The second-order valence-corrected chi connectivity index (χ2v) is 6.16. The highest BCUT2D eigenvalue weighted by atomic mass is 19.1. The van der Waals surface area contributed by atoms with Crippen LogP contribution in [0.25, 0.3) is 0 Å². The SMILES string of the molecule is Cc1ccc(C)c(NC(=O)[C@H]2CC(=O)N(c3ccccc3F)C2)c1. The van der Waals surface area contributed by atoms with Crippen molar-refractivity contribution >= 4 is 23.2 Å². The first-order chi connectivity index (χ1) is 11.5. The fourth-order valence-corrected chi connectivity index (χ4v) is 2.89. The van der Waals surface area contributed by atoms with E-state index in [1.807, 2.05) is 32.0 Å². The van der Waals surface area contributed by atoms with Crippen LogP contribution in [0.2, 0.25) is 0 Å². The van der Waals surface area contributed by atoms with E-state index in [0.717, 1.165) is 16.8 Å². The Morgan fingerprint density at radius 2 is 1.96 bits per heavy atom. The zero-order valence-corrected chi connectivity index (χ0v) is 13.7. The summed E-state index contributed by atoms with van der Waals surface area (Å²) in [5.41, 5.74) is 2.98. The predicted octanol–water partition coefficient (Wildman–Crippen LogP) is 3.43. The molecule has 2 amide bonds. The highest BCUT2D eigenvalue weighted by Gasteiger charge is 2.36. The van der Waals surface area contributed by atoms with Gasteiger partial charge in [0.2, 0.25) is 11.8 Å². The van der Waals surface area contributed by atoms with Crippen LogP contribution >= 0.6 is 0 Å². The molecule has 1 atom stereocenters. The van der Waals surface area contributed by atoms with Gasteiger partial charge in [-0.05, 0) is 43.2 Å². The smallest absolute Gasteiger partial charge is 0.229 e. The number of carbonyl (C=O) groups excluding carboxylic acids is 2. The van der Waals surface area contributed by atoms with E-state index < -0.39 is 11.7 Å². The van der Waals surface area contributed by atoms with Crippen LogP contribution < -0.4 is 10.2 Å². The zero-order valence-electron chi connectivity index (χ0n) is 13.7. The summed E-state index contributed by atoms with van der Waals surface area (Å²) < 4.78 is 13.9. The standard InChI is InChI=1S/C19H19FN2O2/c1-12-7-8-13(2)16(9-12)21-19(24)14-10-18(23)22(11-14)17-6-4-3-5-15(17)20/h3-9,14H,10-11H2,1-2H3,(H,21,24)/t14-/m0/s1. The molecule has 5 heteroatoms. The summed E-state index contributed by atoms with van der Waals surface area (Å²) in [4.78, 5) is 26.0. The monoisotopic (exact) mass is 326 g/mol. The van der Waals surface area contributed by atoms with Crippen molar-refractivity contribution < 1.29 is 14.0 Å². The Labute approximate surface area is 140 Å². The quantitative estimate of drug-likeness (QED) is 0.939. The van der Waals surface area contributed by atoms with Crippen molar-refractivity contribution in [1.82, 2.24) is 0 Å². The first kappa shape index (κ1) is 16.2. The lowest BCUT2D eigenvalue weighted by Crippen LogP contribution is -2.28. The van der Waals surface area contributed by atoms with Crippen molar-refractivity contribution in [2.75, 3.05) is 16.8 Å². The topological polar surface area (TPSA) is 49.4 Å². The normalized spacial score (nSPS) is 17.2. The molecule has 0 spiro atoms. The number of benzene rings is 2. The number of amides is 2. The summed E-state index contributed by atoms with van der Waals surface area (Å²) in [7, 11) is 0. The maximum Gasteiger partial charge on any atom is 0.229 e. The number of nitrogens with zero attached hydrogens (tertiary/aromatic N) is 1. The van der Waals surface area contributed by atoms with Gasteiger partial charge in [-0.15, -0.1) is 0 Å². The second-order valence-electron chi connectivity index (χ2n) is 6.16. The third-order valence-electron chi connectivity index (χ3n) is 4.29. The third-order valence-corrected chi connectivity index (χ3v) is 4.29. The van der Waals surface area contributed by atoms with E-state index in [0.29, 0.717) is 0 Å². The molecule has 1 saturated heterocycles. The number of hydrogen-bond acceptors (Lipinski definition) is 2. The van der Waals surface area contributed by atoms with Crippen molar-refractivity contribution in [3.05, 3.63) is 59.4 Å². The van der Waals surface area contributed by atoms with Crippen LogP contribution in [0, 0.1) is 25.6 Å². The van der Waals surface area contributed by atoms with Crippen LogP contribution in [-0.4, -0.2) is 18.4 Å². The van der Waals surface area contributed by atoms with E-state index in [1.165, 1.54) is 11.0 Å². The van der Waals surface area contributed by atoms with Crippen molar-refractivity contribution in [3.63, 3.8) is 0 Å². The number of anilines is 2. The molecule has 2 aromatic carbocycles. The lowest BCUT2D eigenvalue weighted by molar-refractivity contribution is -0.122. The van der Waals surface area contributed by atoms with Crippen molar-refractivity contribution in [2.45, 2.75) is 20.3 Å². The molecule has 4 nitrogen and oxygen atoms in total. The summed E-state index contributed by atoms with van der Waals surface area (Å²) in [6.07, 6.45) is 0.0883. The van der Waals surface area contributed by atoms with Crippen LogP contribution in [0.4, 0.5) is 15.8 Å². The third kappa shape index (κ3) is 3.15. The number of hydrogen-bond donors (Lipinski definition) is 1. The van der Waals surface area contributed by atoms with Crippen LogP contribution in [0.3, 0.4) is 0 Å². The number of halogens is 1. The van der Waals surface area contributed by atoms with E-state index in [9.17, 15) is 14.0 Å². The Morgan fingerprint density at radius 1 is 1.21 bits per heavy atom. The molecule has 0 bridgehead atoms. The minimum absolute atomic E-state index is 0.0883. The molecule has 1 heterocycles. The van der Waals surface area contributed by atoms with E-state index in [4.69, 9.17) is 0 Å². The Morgan fingerprint density at radius 3 is 2.71 bits per heavy atom. The second kappa shape index (κ2) is 6.43. The molecule has 0 saturated carbocycles. The Bertz CT molecular complexity index is 804. The van der Waals surface area contributed by atoms with Crippen molar-refractivity contribution in [1.29, 1.82) is 0 Å². The number of para-hydroxylation sites is 1. The van der Waals surface area contributed by atoms with E-state index in [2.05, 4.69) is 5.32 Å². The molecule has 2 aromatic rings. The molecular weight excluding hydrogens is 307 g/mol. The molecule has 0 aliphatic carbocycles. The molecule has 1 N–H and O–H groups in total. The minimum Gasteiger partial charge on any atom is -0.326 e. The van der Waals surface area contributed by atoms with Gasteiger partial charge in [-0.1, -0.05) is 24.3 Å². The van der Waals surface area contributed by atoms with Gasteiger partial charge in [0.15, 0.2) is 0 Å². The fraction of sp³-hybridized carbons (Fsp3) is 0.263. The molecule has 3 rings (SSSR count). The van der Waals surface area contributed by atoms with Crippen LogP contribution in [0.5, 0.6) is 0 Å². The summed E-state index contributed by atoms with van der Waals surface area (Å²) in [6.45, 7) is 4.06. The largest absolute Gasteiger partial charge is 0.326 e. The number of carbonyl (C=O) groups is 2. The maximum absolute atomic E-state index is 13.9. The minimum atomic E-state index is -0.489. The van der Waals surface area contributed by atoms with Crippen LogP contribution in [0.1, 0.15) is 17.5 Å². The zero-order chi connectivity index (χ0) is 17.3. The lowest BCUT2D eigenvalue weighted by atomic mass is 10.1. The average molecular weight is 326 g/mol. The number of aryl methyl sites for hydroxylation is 2.